The molecular formula is C16H22N2O4. The third-order valence-corrected chi connectivity index (χ3v) is 3.40. The topological polar surface area (TPSA) is 67.9 Å². The van der Waals surface area contributed by atoms with Crippen LogP contribution in [0.15, 0.2) is 24.3 Å². The molecule has 1 aromatic rings. The number of amides is 2. The van der Waals surface area contributed by atoms with Crippen LogP contribution in [0.3, 0.4) is 0 Å². The van der Waals surface area contributed by atoms with Crippen molar-refractivity contribution in [1.82, 2.24) is 5.32 Å². The lowest BCUT2D eigenvalue weighted by molar-refractivity contribution is -0.124. The molecule has 1 atom stereocenters. The number of carbonyl (C=O) groups is 2. The second-order valence-electron chi connectivity index (χ2n) is 5.36. The van der Waals surface area contributed by atoms with Crippen LogP contribution in [0.4, 0.5) is 5.69 Å². The Hall–Kier alpha value is -2.08. The second kappa shape index (κ2) is 7.79. The number of ether oxygens (including phenoxy) is 2. The monoisotopic (exact) mass is 306 g/mol. The highest BCUT2D eigenvalue weighted by Gasteiger charge is 2.21. The summed E-state index contributed by atoms with van der Waals surface area (Å²) < 4.78 is 10.4. The smallest absolute Gasteiger partial charge is 0.258 e. The maximum Gasteiger partial charge on any atom is 0.258 e. The van der Waals surface area contributed by atoms with Gasteiger partial charge in [0.05, 0.1) is 6.61 Å². The maximum absolute atomic E-state index is 11.7. The quantitative estimate of drug-likeness (QED) is 0.825. The first-order valence-electron chi connectivity index (χ1n) is 7.41. The third kappa shape index (κ3) is 4.46. The van der Waals surface area contributed by atoms with Crippen molar-refractivity contribution in [2.75, 3.05) is 31.8 Å². The highest BCUT2D eigenvalue weighted by molar-refractivity contribution is 5.95. The first kappa shape index (κ1) is 16.3. The van der Waals surface area contributed by atoms with Crippen LogP contribution in [-0.4, -0.2) is 44.7 Å². The molecule has 0 aromatic heterocycles. The van der Waals surface area contributed by atoms with Crippen molar-refractivity contribution in [3.8, 4) is 5.75 Å². The summed E-state index contributed by atoms with van der Waals surface area (Å²) in [6.07, 6.45) is 1.47. The maximum atomic E-state index is 11.7. The summed E-state index contributed by atoms with van der Waals surface area (Å²) in [7, 11) is 1.59. The summed E-state index contributed by atoms with van der Waals surface area (Å²) in [5.74, 6) is 0.502. The molecule has 0 bridgehead atoms. The van der Waals surface area contributed by atoms with Gasteiger partial charge in [0, 0.05) is 37.9 Å². The zero-order valence-corrected chi connectivity index (χ0v) is 13.0. The Morgan fingerprint density at radius 1 is 1.45 bits per heavy atom. The molecular weight excluding hydrogens is 284 g/mol. The van der Waals surface area contributed by atoms with Gasteiger partial charge >= 0.3 is 0 Å². The Morgan fingerprint density at radius 2 is 2.27 bits per heavy atom. The molecule has 6 nitrogen and oxygen atoms in total. The van der Waals surface area contributed by atoms with E-state index in [1.807, 2.05) is 19.1 Å². The zero-order valence-electron chi connectivity index (χ0n) is 13.0. The van der Waals surface area contributed by atoms with E-state index in [-0.39, 0.29) is 24.5 Å². The molecule has 1 unspecified atom stereocenters. The van der Waals surface area contributed by atoms with Gasteiger partial charge in [0.25, 0.3) is 5.91 Å². The van der Waals surface area contributed by atoms with E-state index in [2.05, 4.69) is 5.32 Å². The average molecular weight is 306 g/mol. The molecule has 1 aliphatic rings. The first-order chi connectivity index (χ1) is 10.6. The molecule has 1 heterocycles. The van der Waals surface area contributed by atoms with Crippen molar-refractivity contribution in [1.29, 1.82) is 0 Å². The van der Waals surface area contributed by atoms with E-state index in [1.54, 1.807) is 24.1 Å². The number of hydrogen-bond acceptors (Lipinski definition) is 4. The fourth-order valence-corrected chi connectivity index (χ4v) is 2.42. The molecule has 2 amide bonds. The fourth-order valence-electron chi connectivity index (χ4n) is 2.42. The molecule has 0 saturated carbocycles. The normalized spacial score (nSPS) is 15.7. The predicted octanol–water partition coefficient (Wildman–Crippen LogP) is 1.34. The van der Waals surface area contributed by atoms with Gasteiger partial charge in [-0.2, -0.15) is 0 Å². The molecule has 2 rings (SSSR count). The van der Waals surface area contributed by atoms with Crippen LogP contribution >= 0.6 is 0 Å². The number of rotatable bonds is 7. The fraction of sp³-hybridized carbons (Fsp3) is 0.500. The number of carbonyl (C=O) groups excluding carboxylic acids is 2. The number of nitrogens with one attached hydrogen (secondary N) is 1. The Balaban J connectivity index is 1.88. The zero-order chi connectivity index (χ0) is 15.9. The lowest BCUT2D eigenvalue weighted by Crippen LogP contribution is -2.38. The Bertz CT molecular complexity index is 533. The predicted molar refractivity (Wildman–Crippen MR) is 83.0 cm³/mol. The van der Waals surface area contributed by atoms with Gasteiger partial charge in [-0.25, -0.2) is 0 Å². The van der Waals surface area contributed by atoms with E-state index in [4.69, 9.17) is 9.47 Å². The second-order valence-corrected chi connectivity index (χ2v) is 5.36. The number of nitrogens with zero attached hydrogens (tertiary/aromatic N) is 1. The largest absolute Gasteiger partial charge is 0.484 e. The van der Waals surface area contributed by atoms with Crippen LogP contribution in [0.25, 0.3) is 0 Å². The minimum atomic E-state index is -0.202. The highest BCUT2D eigenvalue weighted by Crippen LogP contribution is 2.25. The highest BCUT2D eigenvalue weighted by atomic mass is 16.5. The number of methoxy groups -OCH3 is 1. The molecule has 1 saturated heterocycles. The Kier molecular flexibility index (Phi) is 5.77. The lowest BCUT2D eigenvalue weighted by atomic mass is 10.3. The van der Waals surface area contributed by atoms with Gasteiger partial charge in [0.2, 0.25) is 5.91 Å². The molecule has 1 fully saturated rings. The van der Waals surface area contributed by atoms with E-state index in [0.29, 0.717) is 18.8 Å². The molecule has 0 radical (unpaired) electrons. The van der Waals surface area contributed by atoms with Gasteiger partial charge in [0.1, 0.15) is 5.75 Å². The Labute approximate surface area is 130 Å². The lowest BCUT2D eigenvalue weighted by Gasteiger charge is -2.17. The van der Waals surface area contributed by atoms with E-state index in [0.717, 1.165) is 18.7 Å². The van der Waals surface area contributed by atoms with Crippen molar-refractivity contribution in [3.63, 3.8) is 0 Å². The Morgan fingerprint density at radius 3 is 2.95 bits per heavy atom. The molecule has 0 spiro atoms. The van der Waals surface area contributed by atoms with Gasteiger partial charge in [0.15, 0.2) is 6.61 Å². The summed E-state index contributed by atoms with van der Waals surface area (Å²) in [5, 5.41) is 2.77. The van der Waals surface area contributed by atoms with Crippen molar-refractivity contribution < 1.29 is 19.1 Å². The molecule has 1 aliphatic heterocycles. The SMILES string of the molecule is COCC(C)NC(=O)COc1cccc(N2CCCC2=O)c1. The van der Waals surface area contributed by atoms with E-state index < -0.39 is 0 Å². The van der Waals surface area contributed by atoms with Crippen LogP contribution in [0.2, 0.25) is 0 Å². The van der Waals surface area contributed by atoms with Crippen molar-refractivity contribution in [3.05, 3.63) is 24.3 Å². The summed E-state index contributed by atoms with van der Waals surface area (Å²) in [5.41, 5.74) is 0.813. The minimum Gasteiger partial charge on any atom is -0.484 e. The molecule has 6 heteroatoms. The summed E-state index contributed by atoms with van der Waals surface area (Å²) in [6.45, 7) is 2.99. The number of anilines is 1. The minimum absolute atomic E-state index is 0.0605. The summed E-state index contributed by atoms with van der Waals surface area (Å²) in [6, 6.07) is 7.19. The molecule has 0 aliphatic carbocycles. The standard InChI is InChI=1S/C16H22N2O4/c1-12(10-21-2)17-15(19)11-22-14-6-3-5-13(9-14)18-8-4-7-16(18)20/h3,5-6,9,12H,4,7-8,10-11H2,1-2H3,(H,17,19). The van der Waals surface area contributed by atoms with Gasteiger partial charge in [-0.1, -0.05) is 6.07 Å². The van der Waals surface area contributed by atoms with Gasteiger partial charge in [-0.05, 0) is 25.5 Å². The van der Waals surface area contributed by atoms with Crippen LogP contribution in [0.1, 0.15) is 19.8 Å². The molecule has 120 valence electrons. The third-order valence-electron chi connectivity index (χ3n) is 3.40. The molecule has 1 aromatic carbocycles. The van der Waals surface area contributed by atoms with E-state index >= 15 is 0 Å². The van der Waals surface area contributed by atoms with Crippen LogP contribution < -0.4 is 15.0 Å². The van der Waals surface area contributed by atoms with Gasteiger partial charge in [-0.15, -0.1) is 0 Å². The summed E-state index contributed by atoms with van der Waals surface area (Å²) >= 11 is 0. The number of benzene rings is 1. The van der Waals surface area contributed by atoms with Crippen molar-refractivity contribution >= 4 is 17.5 Å². The molecule has 1 N–H and O–H groups in total. The summed E-state index contributed by atoms with van der Waals surface area (Å²) in [4.78, 5) is 25.2. The van der Waals surface area contributed by atoms with Crippen LogP contribution in [0.5, 0.6) is 5.75 Å². The molecule has 22 heavy (non-hydrogen) atoms. The van der Waals surface area contributed by atoms with Gasteiger partial charge < -0.3 is 19.7 Å². The average Bonchev–Trinajstić information content (AvgIpc) is 2.92. The number of hydrogen-bond donors (Lipinski definition) is 1. The first-order valence-corrected chi connectivity index (χ1v) is 7.41. The van der Waals surface area contributed by atoms with Crippen molar-refractivity contribution in [2.45, 2.75) is 25.8 Å². The van der Waals surface area contributed by atoms with Gasteiger partial charge in [-0.3, -0.25) is 9.59 Å². The van der Waals surface area contributed by atoms with Crippen LogP contribution in [0, 0.1) is 0 Å². The van der Waals surface area contributed by atoms with Crippen molar-refractivity contribution in [2.24, 2.45) is 0 Å². The van der Waals surface area contributed by atoms with E-state index in [9.17, 15) is 9.59 Å². The van der Waals surface area contributed by atoms with E-state index in [1.165, 1.54) is 0 Å². The van der Waals surface area contributed by atoms with Crippen LogP contribution in [-0.2, 0) is 14.3 Å².